The molecule has 0 spiro atoms. The molecule has 0 fully saturated rings. The second-order valence-corrected chi connectivity index (χ2v) is 6.93. The summed E-state index contributed by atoms with van der Waals surface area (Å²) in [4.78, 5) is 11.3. The Morgan fingerprint density at radius 2 is 1.93 bits per heavy atom. The Balaban J connectivity index is 1.52. The van der Waals surface area contributed by atoms with E-state index in [1.54, 1.807) is 0 Å². The first kappa shape index (κ1) is 21.4. The number of aromatic nitrogens is 3. The lowest BCUT2D eigenvalue weighted by atomic mass is 10.1. The second-order valence-electron chi connectivity index (χ2n) is 6.93. The topological polar surface area (TPSA) is 81.2 Å². The Bertz CT molecular complexity index is 891. The average Bonchev–Trinajstić information content (AvgIpc) is 3.33. The highest BCUT2D eigenvalue weighted by atomic mass is 15.2. The Morgan fingerprint density at radius 1 is 1.07 bits per heavy atom. The molecule has 0 aliphatic rings. The number of para-hydroxylation sites is 1. The van der Waals surface area contributed by atoms with Crippen molar-refractivity contribution in [2.24, 2.45) is 4.99 Å². The molecular weight excluding hydrogens is 374 g/mol. The molecule has 158 valence electrons. The third-order valence-electron chi connectivity index (χ3n) is 4.78. The predicted molar refractivity (Wildman–Crippen MR) is 124 cm³/mol. The van der Waals surface area contributed by atoms with Crippen LogP contribution >= 0.6 is 0 Å². The maximum absolute atomic E-state index is 4.74. The van der Waals surface area contributed by atoms with E-state index in [4.69, 9.17) is 4.99 Å². The minimum Gasteiger partial charge on any atom is -0.372 e. The lowest BCUT2D eigenvalue weighted by Crippen LogP contribution is -2.38. The van der Waals surface area contributed by atoms with Gasteiger partial charge in [-0.25, -0.2) is 9.98 Å². The van der Waals surface area contributed by atoms with Crippen molar-refractivity contribution < 1.29 is 0 Å². The molecule has 1 aromatic heterocycles. The number of anilines is 1. The molecule has 7 nitrogen and oxygen atoms in total. The van der Waals surface area contributed by atoms with Gasteiger partial charge in [-0.2, -0.15) is 5.10 Å². The van der Waals surface area contributed by atoms with Gasteiger partial charge in [-0.05, 0) is 44.0 Å². The van der Waals surface area contributed by atoms with Gasteiger partial charge in [0.15, 0.2) is 11.8 Å². The zero-order valence-corrected chi connectivity index (χ0v) is 17.8. The number of nitrogens with one attached hydrogen (secondary N) is 3. The number of hydrogen-bond acceptors (Lipinski definition) is 4. The van der Waals surface area contributed by atoms with Crippen LogP contribution in [-0.4, -0.2) is 47.3 Å². The standard InChI is InChI=1S/C23H31N7/c1-3-24-23(25-14-9-15-30(4-2)21-12-6-5-7-13-21)26-17-19-10-8-11-20(16-19)22-27-18-28-29-22/h5-8,10-13,16,18H,3-4,9,14-15,17H2,1-2H3,(H2,24,25,26)(H,27,28,29). The molecule has 0 unspecified atom stereocenters. The normalized spacial score (nSPS) is 11.3. The third-order valence-corrected chi connectivity index (χ3v) is 4.78. The van der Waals surface area contributed by atoms with E-state index in [2.05, 4.69) is 87.0 Å². The highest BCUT2D eigenvalue weighted by Gasteiger charge is 2.05. The number of aliphatic imine (C=N–C) groups is 1. The van der Waals surface area contributed by atoms with E-state index in [1.165, 1.54) is 12.0 Å². The SMILES string of the molecule is CCNC(=NCc1cccc(-c2ncn[nH]2)c1)NCCCN(CC)c1ccccc1. The number of guanidine groups is 1. The molecule has 0 saturated heterocycles. The van der Waals surface area contributed by atoms with Gasteiger partial charge in [0.05, 0.1) is 6.54 Å². The third kappa shape index (κ3) is 6.34. The van der Waals surface area contributed by atoms with Gasteiger partial charge in [0.2, 0.25) is 0 Å². The number of rotatable bonds is 10. The molecule has 2 aromatic carbocycles. The van der Waals surface area contributed by atoms with Gasteiger partial charge in [0, 0.05) is 37.4 Å². The summed E-state index contributed by atoms with van der Waals surface area (Å²) in [6.07, 6.45) is 2.55. The van der Waals surface area contributed by atoms with Crippen molar-refractivity contribution in [2.45, 2.75) is 26.8 Å². The molecule has 0 bridgehead atoms. The van der Waals surface area contributed by atoms with Crippen molar-refractivity contribution in [3.8, 4) is 11.4 Å². The summed E-state index contributed by atoms with van der Waals surface area (Å²) < 4.78 is 0. The number of aromatic amines is 1. The fourth-order valence-electron chi connectivity index (χ4n) is 3.26. The zero-order valence-electron chi connectivity index (χ0n) is 17.8. The smallest absolute Gasteiger partial charge is 0.191 e. The van der Waals surface area contributed by atoms with Gasteiger partial charge in [-0.1, -0.05) is 36.4 Å². The van der Waals surface area contributed by atoms with Crippen molar-refractivity contribution in [3.05, 3.63) is 66.5 Å². The van der Waals surface area contributed by atoms with E-state index in [-0.39, 0.29) is 0 Å². The van der Waals surface area contributed by atoms with Gasteiger partial charge in [0.1, 0.15) is 6.33 Å². The maximum atomic E-state index is 4.74. The van der Waals surface area contributed by atoms with Gasteiger partial charge < -0.3 is 15.5 Å². The molecule has 3 N–H and O–H groups in total. The molecule has 3 rings (SSSR count). The van der Waals surface area contributed by atoms with Crippen LogP contribution in [0, 0.1) is 0 Å². The quantitative estimate of drug-likeness (QED) is 0.273. The van der Waals surface area contributed by atoms with Crippen molar-refractivity contribution >= 4 is 11.6 Å². The van der Waals surface area contributed by atoms with Crippen molar-refractivity contribution in [1.82, 2.24) is 25.8 Å². The fourth-order valence-corrected chi connectivity index (χ4v) is 3.26. The maximum Gasteiger partial charge on any atom is 0.191 e. The molecule has 0 aliphatic carbocycles. The minimum atomic E-state index is 0.600. The van der Waals surface area contributed by atoms with E-state index in [0.29, 0.717) is 6.54 Å². The summed E-state index contributed by atoms with van der Waals surface area (Å²) in [5.74, 6) is 1.61. The lowest BCUT2D eigenvalue weighted by Gasteiger charge is -2.23. The van der Waals surface area contributed by atoms with E-state index in [0.717, 1.165) is 55.5 Å². The molecule has 0 atom stereocenters. The van der Waals surface area contributed by atoms with E-state index < -0.39 is 0 Å². The number of benzene rings is 2. The first-order valence-corrected chi connectivity index (χ1v) is 10.6. The van der Waals surface area contributed by atoms with E-state index >= 15 is 0 Å². The van der Waals surface area contributed by atoms with Crippen LogP contribution in [0.1, 0.15) is 25.8 Å². The van der Waals surface area contributed by atoms with Gasteiger partial charge >= 0.3 is 0 Å². The Labute approximate surface area is 178 Å². The summed E-state index contributed by atoms with van der Waals surface area (Å²) in [5, 5.41) is 13.6. The Kier molecular flexibility index (Phi) is 8.26. The first-order chi connectivity index (χ1) is 14.8. The number of H-pyrrole nitrogens is 1. The molecule has 0 radical (unpaired) electrons. The number of hydrogen-bond donors (Lipinski definition) is 3. The van der Waals surface area contributed by atoms with Crippen molar-refractivity contribution in [2.75, 3.05) is 31.1 Å². The molecule has 30 heavy (non-hydrogen) atoms. The van der Waals surface area contributed by atoms with Crippen LogP contribution in [0.2, 0.25) is 0 Å². The zero-order chi connectivity index (χ0) is 21.0. The van der Waals surface area contributed by atoms with Crippen LogP contribution in [0.4, 0.5) is 5.69 Å². The molecular formula is C23H31N7. The van der Waals surface area contributed by atoms with Gasteiger partial charge in [-0.3, -0.25) is 5.10 Å². The Hall–Kier alpha value is -3.35. The highest BCUT2D eigenvalue weighted by Crippen LogP contribution is 2.16. The Morgan fingerprint density at radius 3 is 2.67 bits per heavy atom. The van der Waals surface area contributed by atoms with Crippen molar-refractivity contribution in [1.29, 1.82) is 0 Å². The van der Waals surface area contributed by atoms with Gasteiger partial charge in [0.25, 0.3) is 0 Å². The summed E-state index contributed by atoms with van der Waals surface area (Å²) >= 11 is 0. The number of nitrogens with zero attached hydrogens (tertiary/aromatic N) is 4. The van der Waals surface area contributed by atoms with Gasteiger partial charge in [-0.15, -0.1) is 0 Å². The lowest BCUT2D eigenvalue weighted by molar-refractivity contribution is 0.709. The fraction of sp³-hybridized carbons (Fsp3) is 0.348. The van der Waals surface area contributed by atoms with Crippen LogP contribution in [0.5, 0.6) is 0 Å². The average molecular weight is 406 g/mol. The van der Waals surface area contributed by atoms with Crippen LogP contribution in [-0.2, 0) is 6.54 Å². The van der Waals surface area contributed by atoms with Crippen LogP contribution < -0.4 is 15.5 Å². The molecule has 1 heterocycles. The predicted octanol–water partition coefficient (Wildman–Crippen LogP) is 3.44. The molecule has 7 heteroatoms. The minimum absolute atomic E-state index is 0.600. The van der Waals surface area contributed by atoms with Crippen molar-refractivity contribution in [3.63, 3.8) is 0 Å². The van der Waals surface area contributed by atoms with Crippen LogP contribution in [0.3, 0.4) is 0 Å². The summed E-state index contributed by atoms with van der Waals surface area (Å²) in [6, 6.07) is 18.8. The summed E-state index contributed by atoms with van der Waals surface area (Å²) in [6.45, 7) is 8.57. The monoisotopic (exact) mass is 405 g/mol. The highest BCUT2D eigenvalue weighted by molar-refractivity contribution is 5.79. The van der Waals surface area contributed by atoms with Crippen LogP contribution in [0.25, 0.3) is 11.4 Å². The second kappa shape index (κ2) is 11.6. The van der Waals surface area contributed by atoms with E-state index in [9.17, 15) is 0 Å². The first-order valence-electron chi connectivity index (χ1n) is 10.6. The molecule has 3 aromatic rings. The van der Waals surface area contributed by atoms with E-state index in [1.807, 2.05) is 12.1 Å². The summed E-state index contributed by atoms with van der Waals surface area (Å²) in [7, 11) is 0. The van der Waals surface area contributed by atoms with Crippen LogP contribution in [0.15, 0.2) is 65.9 Å². The molecule has 0 saturated carbocycles. The molecule has 0 aliphatic heterocycles. The molecule has 0 amide bonds. The summed E-state index contributed by atoms with van der Waals surface area (Å²) in [5.41, 5.74) is 3.41. The largest absolute Gasteiger partial charge is 0.372 e.